The number of fused-ring (bicyclic) bond motifs is 1. The fourth-order valence-electron chi connectivity index (χ4n) is 4.81. The first kappa shape index (κ1) is 27.0. The Labute approximate surface area is 231 Å². The van der Waals surface area contributed by atoms with Gasteiger partial charge in [-0.15, -0.1) is 33.3 Å². The average Bonchev–Trinajstić information content (AvgIpc) is 3.65. The predicted octanol–water partition coefficient (Wildman–Crippen LogP) is -0.126. The predicted molar refractivity (Wildman–Crippen MR) is 142 cm³/mol. The van der Waals surface area contributed by atoms with Crippen molar-refractivity contribution < 1.29 is 28.8 Å². The number of aromatic amines is 1. The number of tetrazole rings is 1. The van der Waals surface area contributed by atoms with Gasteiger partial charge in [-0.25, -0.2) is 9.78 Å². The van der Waals surface area contributed by atoms with Gasteiger partial charge in [0, 0.05) is 29.5 Å². The first-order chi connectivity index (χ1) is 18.5. The van der Waals surface area contributed by atoms with Gasteiger partial charge in [-0.3, -0.25) is 14.5 Å². The van der Waals surface area contributed by atoms with Crippen molar-refractivity contribution in [1.82, 2.24) is 35.8 Å². The van der Waals surface area contributed by atoms with E-state index in [-0.39, 0.29) is 22.4 Å². The highest BCUT2D eigenvalue weighted by atomic mass is 32.2. The Morgan fingerprint density at radius 2 is 2.13 bits per heavy atom. The van der Waals surface area contributed by atoms with Crippen LogP contribution in [0.4, 0.5) is 5.13 Å². The fraction of sp³-hybridized carbons (Fsp3) is 0.545. The second-order valence-electron chi connectivity index (χ2n) is 10.4. The smallest absolute Gasteiger partial charge is 0.350 e. The maximum absolute atomic E-state index is 13.5. The van der Waals surface area contributed by atoms with Gasteiger partial charge in [-0.2, -0.15) is 5.21 Å². The summed E-state index contributed by atoms with van der Waals surface area (Å²) in [4.78, 5) is 49.1. The molecule has 3 aliphatic heterocycles. The topological polar surface area (TPSA) is 202 Å². The van der Waals surface area contributed by atoms with E-state index in [9.17, 15) is 19.5 Å². The SMILES string of the molecule is CC(C)(O/N=C(\C(=O)N[C@@H]1C(=O)N2C(c3nn[nH]n3)=C(C[N+]3(C)CCCC3)CS[C@H]12)c1csc(N)n1)C(=O)O. The second kappa shape index (κ2) is 10.2. The molecule has 2 aromatic rings. The van der Waals surface area contributed by atoms with Crippen molar-refractivity contribution in [2.24, 2.45) is 5.16 Å². The molecule has 0 spiro atoms. The van der Waals surface area contributed by atoms with E-state index in [1.165, 1.54) is 19.2 Å². The van der Waals surface area contributed by atoms with E-state index >= 15 is 0 Å². The monoisotopic (exact) mass is 577 g/mol. The molecule has 2 aromatic heterocycles. The minimum absolute atomic E-state index is 0.105. The molecule has 15 nitrogen and oxygen atoms in total. The number of thiazole rings is 1. The number of carboxylic acids is 1. The summed E-state index contributed by atoms with van der Waals surface area (Å²) < 4.78 is 0.882. The van der Waals surface area contributed by atoms with Crippen molar-refractivity contribution in [2.75, 3.05) is 38.2 Å². The lowest BCUT2D eigenvalue weighted by atomic mass is 10.0. The molecule has 2 saturated heterocycles. The molecule has 0 aromatic carbocycles. The van der Waals surface area contributed by atoms with Crippen LogP contribution >= 0.6 is 23.1 Å². The van der Waals surface area contributed by atoms with Crippen LogP contribution in [0.1, 0.15) is 38.2 Å². The van der Waals surface area contributed by atoms with Crippen molar-refractivity contribution in [1.29, 1.82) is 0 Å². The Kier molecular flexibility index (Phi) is 7.06. The number of hydrogen-bond acceptors (Lipinski definition) is 12. The molecule has 2 fully saturated rings. The molecule has 208 valence electrons. The summed E-state index contributed by atoms with van der Waals surface area (Å²) in [5, 5.41) is 31.6. The molecule has 0 saturated carbocycles. The number of carbonyl (C=O) groups is 3. The number of H-pyrrole nitrogens is 1. The van der Waals surface area contributed by atoms with Crippen molar-refractivity contribution in [3.05, 3.63) is 22.5 Å². The summed E-state index contributed by atoms with van der Waals surface area (Å²) in [6, 6.07) is -0.865. The molecule has 17 heteroatoms. The van der Waals surface area contributed by atoms with Crippen molar-refractivity contribution >= 4 is 57.4 Å². The molecule has 39 heavy (non-hydrogen) atoms. The first-order valence-corrected chi connectivity index (χ1v) is 14.2. The number of oxime groups is 1. The normalized spacial score (nSPS) is 22.9. The number of carbonyl (C=O) groups excluding carboxylic acids is 2. The van der Waals surface area contributed by atoms with Gasteiger partial charge in [0.2, 0.25) is 11.4 Å². The number of nitrogen functional groups attached to an aromatic ring is 1. The molecular weight excluding hydrogens is 548 g/mol. The molecule has 5 heterocycles. The van der Waals surface area contributed by atoms with E-state index in [1.807, 2.05) is 0 Å². The zero-order valence-corrected chi connectivity index (χ0v) is 23.2. The van der Waals surface area contributed by atoms with E-state index < -0.39 is 28.9 Å². The summed E-state index contributed by atoms with van der Waals surface area (Å²) in [5.74, 6) is -1.37. The van der Waals surface area contributed by atoms with Gasteiger partial charge in [0.05, 0.1) is 25.8 Å². The van der Waals surface area contributed by atoms with E-state index in [2.05, 4.69) is 43.1 Å². The zero-order chi connectivity index (χ0) is 27.9. The number of rotatable bonds is 9. The number of β-lactam (4-membered cyclic amide) rings is 1. The van der Waals surface area contributed by atoms with E-state index in [4.69, 9.17) is 10.6 Å². The number of thioether (sulfide) groups is 1. The lowest BCUT2D eigenvalue weighted by Gasteiger charge is -2.50. The number of likely N-dealkylation sites (tertiary alicyclic amines) is 1. The second-order valence-corrected chi connectivity index (χ2v) is 12.4. The number of hydrogen-bond donors (Lipinski definition) is 4. The lowest BCUT2D eigenvalue weighted by molar-refractivity contribution is -0.892. The molecule has 5 rings (SSSR count). The third-order valence-electron chi connectivity index (χ3n) is 6.97. The average molecular weight is 578 g/mol. The Bertz CT molecular complexity index is 1350. The fourth-order valence-corrected chi connectivity index (χ4v) is 6.69. The van der Waals surface area contributed by atoms with Gasteiger partial charge < -0.3 is 25.5 Å². The van der Waals surface area contributed by atoms with Crippen LogP contribution in [0.3, 0.4) is 0 Å². The Hall–Kier alpha value is -3.57. The molecule has 0 bridgehead atoms. The lowest BCUT2D eigenvalue weighted by Crippen LogP contribution is -2.70. The number of amides is 2. The van der Waals surface area contributed by atoms with Gasteiger partial charge in [0.15, 0.2) is 10.8 Å². The minimum atomic E-state index is -1.70. The maximum Gasteiger partial charge on any atom is 0.350 e. The number of nitrogens with one attached hydrogen (secondary N) is 2. The minimum Gasteiger partial charge on any atom is -0.478 e. The number of aromatic nitrogens is 5. The van der Waals surface area contributed by atoms with Crippen LogP contribution in [-0.4, -0.2) is 113 Å². The zero-order valence-electron chi connectivity index (χ0n) is 21.6. The summed E-state index contributed by atoms with van der Waals surface area (Å²) >= 11 is 2.63. The van der Waals surface area contributed by atoms with Crippen LogP contribution in [0.15, 0.2) is 16.1 Å². The van der Waals surface area contributed by atoms with Gasteiger partial charge in [-0.05, 0) is 19.1 Å². The number of carboxylic acid groups (broad SMARTS) is 1. The van der Waals surface area contributed by atoms with Crippen LogP contribution in [0.25, 0.3) is 5.70 Å². The van der Waals surface area contributed by atoms with Crippen molar-refractivity contribution in [3.63, 3.8) is 0 Å². The third kappa shape index (κ3) is 5.20. The summed E-state index contributed by atoms with van der Waals surface area (Å²) in [5.41, 5.74) is 5.53. The number of quaternary nitrogens is 1. The number of aliphatic carboxylic acids is 1. The van der Waals surface area contributed by atoms with E-state index in [0.717, 1.165) is 53.9 Å². The molecule has 5 N–H and O–H groups in total. The summed E-state index contributed by atoms with van der Waals surface area (Å²) in [6.45, 7) is 5.48. The third-order valence-corrected chi connectivity index (χ3v) is 8.98. The molecule has 0 unspecified atom stereocenters. The molecular formula is C22H29N10O5S2+. The van der Waals surface area contributed by atoms with Crippen LogP contribution in [0.5, 0.6) is 0 Å². The largest absolute Gasteiger partial charge is 0.478 e. The van der Waals surface area contributed by atoms with E-state index in [1.54, 1.807) is 16.7 Å². The van der Waals surface area contributed by atoms with Gasteiger partial charge in [0.25, 0.3) is 11.8 Å². The van der Waals surface area contributed by atoms with Crippen LogP contribution in [0, 0.1) is 0 Å². The number of nitrogens with zero attached hydrogens (tertiary/aromatic N) is 7. The highest BCUT2D eigenvalue weighted by molar-refractivity contribution is 8.00. The highest BCUT2D eigenvalue weighted by Crippen LogP contribution is 2.44. The van der Waals surface area contributed by atoms with Gasteiger partial charge in [0.1, 0.15) is 23.7 Å². The van der Waals surface area contributed by atoms with Crippen LogP contribution in [0.2, 0.25) is 0 Å². The quantitative estimate of drug-likeness (QED) is 0.134. The maximum atomic E-state index is 13.5. The van der Waals surface area contributed by atoms with Crippen molar-refractivity contribution in [2.45, 2.75) is 43.7 Å². The first-order valence-electron chi connectivity index (χ1n) is 12.2. The molecule has 0 radical (unpaired) electrons. The van der Waals surface area contributed by atoms with Crippen molar-refractivity contribution in [3.8, 4) is 0 Å². The molecule has 2 amide bonds. The van der Waals surface area contributed by atoms with E-state index in [0.29, 0.717) is 17.3 Å². The molecule has 2 atom stereocenters. The number of likely N-dealkylation sites (N-methyl/N-ethyl adjacent to an activating group) is 1. The molecule has 3 aliphatic rings. The molecule has 0 aliphatic carbocycles. The Balaban J connectivity index is 1.38. The Morgan fingerprint density at radius 3 is 2.74 bits per heavy atom. The van der Waals surface area contributed by atoms with Gasteiger partial charge in [-0.1, -0.05) is 5.16 Å². The van der Waals surface area contributed by atoms with Crippen LogP contribution < -0.4 is 11.1 Å². The van der Waals surface area contributed by atoms with Gasteiger partial charge >= 0.3 is 5.97 Å². The Morgan fingerprint density at radius 1 is 1.38 bits per heavy atom. The standard InChI is InChI=1S/C22H28N10O5S2/c1-22(2,20(35)36)37-28-13(12-10-39-21(23)24-12)17(33)25-14-18(34)31-15(16-26-29-30-27-16)11(9-38-19(14)31)8-32(3)6-4-5-7-32/h10,14,19H,4-9H2,1-3H3,(H4-,23,24,25,26,27,29,30,33,35,36)/p+1/b28-13-/t14-,19-/m1/s1. The highest BCUT2D eigenvalue weighted by Gasteiger charge is 2.54. The number of nitrogens with two attached hydrogens (primary N) is 1. The summed E-state index contributed by atoms with van der Waals surface area (Å²) in [6.07, 6.45) is 2.32. The van der Waals surface area contributed by atoms with Crippen LogP contribution in [-0.2, 0) is 19.2 Å². The number of anilines is 1. The summed E-state index contributed by atoms with van der Waals surface area (Å²) in [7, 11) is 2.21.